The number of hydrogen-bond acceptors (Lipinski definition) is 2. The Morgan fingerprint density at radius 1 is 1.27 bits per heavy atom. The first-order valence-electron chi connectivity index (χ1n) is 5.61. The normalized spacial score (nSPS) is 28.1. The minimum absolute atomic E-state index is 0.492. The van der Waals surface area contributed by atoms with E-state index in [0.717, 1.165) is 36.4 Å². The molecule has 0 bridgehead atoms. The average molecular weight is 212 g/mol. The van der Waals surface area contributed by atoms with Crippen LogP contribution in [-0.2, 0) is 9.53 Å². The van der Waals surface area contributed by atoms with Crippen LogP contribution in [-0.4, -0.2) is 48.4 Å². The molecule has 1 N–H and O–H groups in total. The van der Waals surface area contributed by atoms with Crippen LogP contribution in [0.5, 0.6) is 0 Å². The summed E-state index contributed by atoms with van der Waals surface area (Å²) in [6.07, 6.45) is 5.04. The number of quaternary nitrogens is 1. The maximum atomic E-state index is 10.8. The first kappa shape index (κ1) is 10.6. The zero-order chi connectivity index (χ0) is 10.7. The van der Waals surface area contributed by atoms with Gasteiger partial charge >= 0.3 is 5.97 Å². The largest absolute Gasteiger partial charge is 0.478 e. The SMILES string of the molecule is O=C(O)C=C1COCC[N+]12CCCCC2. The molecule has 0 radical (unpaired) electrons. The predicted molar refractivity (Wildman–Crippen MR) is 55.3 cm³/mol. The van der Waals surface area contributed by atoms with E-state index < -0.39 is 5.97 Å². The maximum absolute atomic E-state index is 10.8. The van der Waals surface area contributed by atoms with Crippen molar-refractivity contribution >= 4 is 5.97 Å². The zero-order valence-electron chi connectivity index (χ0n) is 8.95. The third-order valence-corrected chi connectivity index (χ3v) is 3.49. The fourth-order valence-electron chi connectivity index (χ4n) is 2.65. The van der Waals surface area contributed by atoms with Gasteiger partial charge in [-0.1, -0.05) is 0 Å². The number of carboxylic acids is 1. The van der Waals surface area contributed by atoms with Crippen LogP contribution in [0.4, 0.5) is 0 Å². The van der Waals surface area contributed by atoms with Gasteiger partial charge < -0.3 is 9.84 Å². The Morgan fingerprint density at radius 3 is 2.67 bits per heavy atom. The lowest BCUT2D eigenvalue weighted by atomic mass is 10.0. The first-order chi connectivity index (χ1) is 7.23. The third kappa shape index (κ3) is 2.21. The second kappa shape index (κ2) is 4.33. The van der Waals surface area contributed by atoms with Gasteiger partial charge in [0.15, 0.2) is 0 Å². The Morgan fingerprint density at radius 2 is 2.00 bits per heavy atom. The number of morpholine rings is 1. The van der Waals surface area contributed by atoms with E-state index in [1.807, 2.05) is 0 Å². The van der Waals surface area contributed by atoms with Crippen LogP contribution in [0.3, 0.4) is 0 Å². The Labute approximate surface area is 89.7 Å². The van der Waals surface area contributed by atoms with Gasteiger partial charge in [-0.2, -0.15) is 0 Å². The van der Waals surface area contributed by atoms with Gasteiger partial charge in [-0.25, -0.2) is 4.79 Å². The van der Waals surface area contributed by atoms with Gasteiger partial charge in [0.1, 0.15) is 18.8 Å². The molecule has 0 unspecified atom stereocenters. The first-order valence-corrected chi connectivity index (χ1v) is 5.61. The van der Waals surface area contributed by atoms with Gasteiger partial charge in [-0.3, -0.25) is 4.48 Å². The smallest absolute Gasteiger partial charge is 0.334 e. The molecule has 2 saturated heterocycles. The van der Waals surface area contributed by atoms with Crippen molar-refractivity contribution in [3.63, 3.8) is 0 Å². The van der Waals surface area contributed by atoms with Crippen LogP contribution in [0.1, 0.15) is 19.3 Å². The molecule has 2 aliphatic heterocycles. The molecule has 0 amide bonds. The van der Waals surface area contributed by atoms with Crippen molar-refractivity contribution < 1.29 is 19.1 Å². The molecule has 4 nitrogen and oxygen atoms in total. The molecule has 1 spiro atoms. The molecule has 2 fully saturated rings. The standard InChI is InChI=1S/C11H17NO3/c13-11(14)8-10-9-15-7-6-12(10)4-2-1-3-5-12/h8H,1-7,9H2/p+1. The molecule has 2 heterocycles. The Balaban J connectivity index is 2.21. The summed E-state index contributed by atoms with van der Waals surface area (Å²) in [6, 6.07) is 0. The van der Waals surface area contributed by atoms with E-state index in [-0.39, 0.29) is 0 Å². The second-order valence-electron chi connectivity index (χ2n) is 4.40. The summed E-state index contributed by atoms with van der Waals surface area (Å²) in [4.78, 5) is 10.8. The number of piperidine rings is 1. The molecule has 0 aromatic heterocycles. The van der Waals surface area contributed by atoms with Crippen LogP contribution in [0.25, 0.3) is 0 Å². The molecule has 0 aromatic carbocycles. The van der Waals surface area contributed by atoms with Gasteiger partial charge in [0.05, 0.1) is 25.8 Å². The quantitative estimate of drug-likeness (QED) is 0.520. The van der Waals surface area contributed by atoms with E-state index in [4.69, 9.17) is 9.84 Å². The summed E-state index contributed by atoms with van der Waals surface area (Å²) in [6.45, 7) is 4.37. The van der Waals surface area contributed by atoms with Gasteiger partial charge in [0, 0.05) is 0 Å². The van der Waals surface area contributed by atoms with Crippen LogP contribution in [0.2, 0.25) is 0 Å². The van der Waals surface area contributed by atoms with E-state index in [2.05, 4.69) is 0 Å². The van der Waals surface area contributed by atoms with Crippen LogP contribution in [0, 0.1) is 0 Å². The summed E-state index contributed by atoms with van der Waals surface area (Å²) in [5, 5.41) is 8.84. The number of carboxylic acid groups (broad SMARTS) is 1. The molecular weight excluding hydrogens is 194 g/mol. The molecule has 0 atom stereocenters. The highest BCUT2D eigenvalue weighted by Crippen LogP contribution is 2.28. The Kier molecular flexibility index (Phi) is 3.07. The summed E-state index contributed by atoms with van der Waals surface area (Å²) in [7, 11) is 0. The highest BCUT2D eigenvalue weighted by molar-refractivity contribution is 5.80. The fraction of sp³-hybridized carbons (Fsp3) is 0.727. The number of nitrogens with zero attached hydrogens (tertiary/aromatic N) is 1. The third-order valence-electron chi connectivity index (χ3n) is 3.49. The molecule has 2 rings (SSSR count). The Bertz CT molecular complexity index is 271. The zero-order valence-corrected chi connectivity index (χ0v) is 8.95. The van der Waals surface area contributed by atoms with Crippen molar-refractivity contribution in [2.45, 2.75) is 19.3 Å². The van der Waals surface area contributed by atoms with Crippen molar-refractivity contribution in [3.8, 4) is 0 Å². The van der Waals surface area contributed by atoms with Crippen LogP contribution in [0.15, 0.2) is 11.8 Å². The average Bonchev–Trinajstić information content (AvgIpc) is 2.23. The van der Waals surface area contributed by atoms with Crippen molar-refractivity contribution in [1.29, 1.82) is 0 Å². The summed E-state index contributed by atoms with van der Waals surface area (Å²) in [5.74, 6) is -0.849. The van der Waals surface area contributed by atoms with Gasteiger partial charge in [0.25, 0.3) is 0 Å². The van der Waals surface area contributed by atoms with Gasteiger partial charge in [-0.05, 0) is 19.3 Å². The minimum Gasteiger partial charge on any atom is -0.478 e. The van der Waals surface area contributed by atoms with Gasteiger partial charge in [0.2, 0.25) is 0 Å². The summed E-state index contributed by atoms with van der Waals surface area (Å²) in [5.41, 5.74) is 0.952. The van der Waals surface area contributed by atoms with Crippen molar-refractivity contribution in [3.05, 3.63) is 11.8 Å². The number of ether oxygens (including phenoxy) is 1. The number of rotatable bonds is 1. The number of aliphatic carboxylic acids is 1. The molecule has 0 saturated carbocycles. The molecular formula is C11H18NO3+. The molecule has 15 heavy (non-hydrogen) atoms. The highest BCUT2D eigenvalue weighted by Gasteiger charge is 2.37. The topological polar surface area (TPSA) is 46.5 Å². The molecule has 84 valence electrons. The summed E-state index contributed by atoms with van der Waals surface area (Å²) < 4.78 is 6.23. The Hall–Kier alpha value is -0.870. The van der Waals surface area contributed by atoms with Crippen LogP contribution < -0.4 is 0 Å². The van der Waals surface area contributed by atoms with Crippen LogP contribution >= 0.6 is 0 Å². The molecule has 2 aliphatic rings. The number of carbonyl (C=O) groups is 1. The van der Waals surface area contributed by atoms with E-state index in [0.29, 0.717) is 6.61 Å². The molecule has 0 aliphatic carbocycles. The van der Waals surface area contributed by atoms with Crippen molar-refractivity contribution in [2.24, 2.45) is 0 Å². The van der Waals surface area contributed by atoms with E-state index in [1.165, 1.54) is 25.3 Å². The lowest BCUT2D eigenvalue weighted by Crippen LogP contribution is -2.56. The summed E-state index contributed by atoms with van der Waals surface area (Å²) >= 11 is 0. The maximum Gasteiger partial charge on any atom is 0.334 e. The lowest BCUT2D eigenvalue weighted by Gasteiger charge is -2.44. The van der Waals surface area contributed by atoms with E-state index in [9.17, 15) is 4.79 Å². The van der Waals surface area contributed by atoms with Crippen molar-refractivity contribution in [1.82, 2.24) is 0 Å². The van der Waals surface area contributed by atoms with E-state index >= 15 is 0 Å². The van der Waals surface area contributed by atoms with Gasteiger partial charge in [-0.15, -0.1) is 0 Å². The van der Waals surface area contributed by atoms with Crippen molar-refractivity contribution in [2.75, 3.05) is 32.8 Å². The monoisotopic (exact) mass is 212 g/mol. The number of hydrogen-bond donors (Lipinski definition) is 1. The predicted octanol–water partition coefficient (Wildman–Crippen LogP) is 0.986. The highest BCUT2D eigenvalue weighted by atomic mass is 16.5. The second-order valence-corrected chi connectivity index (χ2v) is 4.40. The minimum atomic E-state index is -0.849. The van der Waals surface area contributed by atoms with E-state index in [1.54, 1.807) is 0 Å². The fourth-order valence-corrected chi connectivity index (χ4v) is 2.65. The molecule has 4 heteroatoms. The molecule has 0 aromatic rings. The lowest BCUT2D eigenvalue weighted by molar-refractivity contribution is -0.904.